The molecule has 1 aliphatic rings. The number of hydrogen-bond donors (Lipinski definition) is 1. The Bertz CT molecular complexity index is 393. The van der Waals surface area contributed by atoms with Gasteiger partial charge in [-0.15, -0.1) is 0 Å². The summed E-state index contributed by atoms with van der Waals surface area (Å²) in [6, 6.07) is 7.90. The minimum atomic E-state index is -0.169. The van der Waals surface area contributed by atoms with E-state index in [9.17, 15) is 4.39 Å². The van der Waals surface area contributed by atoms with Crippen LogP contribution in [0.25, 0.3) is 0 Å². The molecule has 0 aromatic heterocycles. The topological polar surface area (TPSA) is 18.5 Å². The highest BCUT2D eigenvalue weighted by Crippen LogP contribution is 2.22. The quantitative estimate of drug-likeness (QED) is 0.897. The van der Waals surface area contributed by atoms with E-state index in [1.807, 2.05) is 19.2 Å². The standard InChI is InChI=1S/C15H24FN3/c1-12-10-19(14-6-4-13(16)5-7-14)11-15(18(12)3)8-9-17-2/h4-7,12,15,17H,8-11H2,1-3H3. The maximum Gasteiger partial charge on any atom is 0.123 e. The Hall–Kier alpha value is -1.13. The summed E-state index contributed by atoms with van der Waals surface area (Å²) < 4.78 is 13.0. The highest BCUT2D eigenvalue weighted by molar-refractivity contribution is 5.47. The summed E-state index contributed by atoms with van der Waals surface area (Å²) in [7, 11) is 4.19. The fourth-order valence-electron chi connectivity index (χ4n) is 2.73. The first-order chi connectivity index (χ1) is 9.11. The van der Waals surface area contributed by atoms with E-state index < -0.39 is 0 Å². The first-order valence-electron chi connectivity index (χ1n) is 6.99. The van der Waals surface area contributed by atoms with Gasteiger partial charge in [-0.25, -0.2) is 4.39 Å². The predicted octanol–water partition coefficient (Wildman–Crippen LogP) is 1.94. The van der Waals surface area contributed by atoms with E-state index in [1.165, 1.54) is 0 Å². The van der Waals surface area contributed by atoms with Gasteiger partial charge in [0.05, 0.1) is 0 Å². The van der Waals surface area contributed by atoms with Gasteiger partial charge < -0.3 is 10.2 Å². The summed E-state index contributed by atoms with van der Waals surface area (Å²) in [5.74, 6) is -0.169. The molecular weight excluding hydrogens is 241 g/mol. The molecule has 1 N–H and O–H groups in total. The van der Waals surface area contributed by atoms with Gasteiger partial charge in [-0.1, -0.05) is 0 Å². The molecule has 0 bridgehead atoms. The molecule has 2 rings (SSSR count). The second-order valence-electron chi connectivity index (χ2n) is 5.44. The average Bonchev–Trinajstić information content (AvgIpc) is 2.41. The predicted molar refractivity (Wildman–Crippen MR) is 78.2 cm³/mol. The van der Waals surface area contributed by atoms with Crippen LogP contribution in [0, 0.1) is 5.82 Å². The van der Waals surface area contributed by atoms with Gasteiger partial charge in [0.1, 0.15) is 5.82 Å². The van der Waals surface area contributed by atoms with Crippen LogP contribution in [-0.4, -0.2) is 50.7 Å². The van der Waals surface area contributed by atoms with Gasteiger partial charge in [0.2, 0.25) is 0 Å². The third kappa shape index (κ3) is 3.45. The molecule has 1 aromatic carbocycles. The van der Waals surface area contributed by atoms with Crippen molar-refractivity contribution < 1.29 is 4.39 Å². The third-order valence-corrected chi connectivity index (χ3v) is 4.11. The molecule has 1 aliphatic heterocycles. The van der Waals surface area contributed by atoms with Crippen LogP contribution in [-0.2, 0) is 0 Å². The van der Waals surface area contributed by atoms with Gasteiger partial charge in [0, 0.05) is 30.9 Å². The van der Waals surface area contributed by atoms with Crippen molar-refractivity contribution >= 4 is 5.69 Å². The normalized spacial score (nSPS) is 24.7. The lowest BCUT2D eigenvalue weighted by atomic mass is 10.0. The first kappa shape index (κ1) is 14.3. The number of piperazine rings is 1. The number of nitrogens with one attached hydrogen (secondary N) is 1. The maximum atomic E-state index is 13.0. The Morgan fingerprint density at radius 2 is 1.95 bits per heavy atom. The van der Waals surface area contributed by atoms with Gasteiger partial charge in [0.25, 0.3) is 0 Å². The Balaban J connectivity index is 2.07. The van der Waals surface area contributed by atoms with E-state index in [4.69, 9.17) is 0 Å². The fourth-order valence-corrected chi connectivity index (χ4v) is 2.73. The van der Waals surface area contributed by atoms with Crippen molar-refractivity contribution in [1.29, 1.82) is 0 Å². The fraction of sp³-hybridized carbons (Fsp3) is 0.600. The Kier molecular flexibility index (Phi) is 4.77. The van der Waals surface area contributed by atoms with Crippen LogP contribution in [0.1, 0.15) is 13.3 Å². The lowest BCUT2D eigenvalue weighted by molar-refractivity contribution is 0.150. The third-order valence-electron chi connectivity index (χ3n) is 4.11. The molecule has 1 heterocycles. The van der Waals surface area contributed by atoms with Gasteiger partial charge in [-0.2, -0.15) is 0 Å². The summed E-state index contributed by atoms with van der Waals surface area (Å²) >= 11 is 0. The highest BCUT2D eigenvalue weighted by atomic mass is 19.1. The van der Waals surface area contributed by atoms with Crippen LogP contribution >= 0.6 is 0 Å². The lowest BCUT2D eigenvalue weighted by Crippen LogP contribution is -2.56. The number of anilines is 1. The summed E-state index contributed by atoms with van der Waals surface area (Å²) in [5.41, 5.74) is 1.12. The van der Waals surface area contributed by atoms with Gasteiger partial charge >= 0.3 is 0 Å². The summed E-state index contributed by atoms with van der Waals surface area (Å²) in [6.07, 6.45) is 1.13. The summed E-state index contributed by atoms with van der Waals surface area (Å²) in [6.45, 7) is 5.29. The van der Waals surface area contributed by atoms with Crippen LogP contribution in [0.4, 0.5) is 10.1 Å². The number of hydrogen-bond acceptors (Lipinski definition) is 3. The molecule has 0 spiro atoms. The maximum absolute atomic E-state index is 13.0. The molecule has 1 aromatic rings. The Morgan fingerprint density at radius 3 is 2.58 bits per heavy atom. The number of likely N-dealkylation sites (N-methyl/N-ethyl adjacent to an activating group) is 1. The zero-order valence-electron chi connectivity index (χ0n) is 12.1. The van der Waals surface area contributed by atoms with Crippen molar-refractivity contribution in [2.24, 2.45) is 0 Å². The number of halogens is 1. The Labute approximate surface area is 115 Å². The molecule has 4 heteroatoms. The molecule has 1 fully saturated rings. The number of benzene rings is 1. The zero-order valence-corrected chi connectivity index (χ0v) is 12.1. The summed E-state index contributed by atoms with van der Waals surface area (Å²) in [5, 5.41) is 3.22. The monoisotopic (exact) mass is 265 g/mol. The molecule has 106 valence electrons. The van der Waals surface area contributed by atoms with Crippen molar-refractivity contribution in [2.75, 3.05) is 38.6 Å². The van der Waals surface area contributed by atoms with Gasteiger partial charge in [-0.05, 0) is 58.3 Å². The van der Waals surface area contributed by atoms with E-state index in [2.05, 4.69) is 29.1 Å². The second kappa shape index (κ2) is 6.35. The molecule has 2 atom stereocenters. The van der Waals surface area contributed by atoms with E-state index >= 15 is 0 Å². The molecule has 0 aliphatic carbocycles. The highest BCUT2D eigenvalue weighted by Gasteiger charge is 2.29. The SMILES string of the molecule is CNCCC1CN(c2ccc(F)cc2)CC(C)N1C. The molecular formula is C15H24FN3. The van der Waals surface area contributed by atoms with Gasteiger partial charge in [-0.3, -0.25) is 4.90 Å². The molecule has 3 nitrogen and oxygen atoms in total. The molecule has 2 unspecified atom stereocenters. The zero-order chi connectivity index (χ0) is 13.8. The van der Waals surface area contributed by atoms with Crippen LogP contribution in [0.2, 0.25) is 0 Å². The van der Waals surface area contributed by atoms with E-state index in [-0.39, 0.29) is 5.82 Å². The molecule has 19 heavy (non-hydrogen) atoms. The first-order valence-corrected chi connectivity index (χ1v) is 6.99. The van der Waals surface area contributed by atoms with Crippen molar-refractivity contribution in [3.8, 4) is 0 Å². The second-order valence-corrected chi connectivity index (χ2v) is 5.44. The van der Waals surface area contributed by atoms with E-state index in [0.29, 0.717) is 12.1 Å². The average molecular weight is 265 g/mol. The lowest BCUT2D eigenvalue weighted by Gasteiger charge is -2.45. The minimum absolute atomic E-state index is 0.169. The number of rotatable bonds is 4. The van der Waals surface area contributed by atoms with Crippen LogP contribution < -0.4 is 10.2 Å². The summed E-state index contributed by atoms with van der Waals surface area (Å²) in [4.78, 5) is 4.82. The van der Waals surface area contributed by atoms with Crippen LogP contribution in [0.3, 0.4) is 0 Å². The van der Waals surface area contributed by atoms with E-state index in [0.717, 1.165) is 31.7 Å². The van der Waals surface area contributed by atoms with E-state index in [1.54, 1.807) is 12.1 Å². The minimum Gasteiger partial charge on any atom is -0.368 e. The van der Waals surface area contributed by atoms with Crippen LogP contribution in [0.5, 0.6) is 0 Å². The number of nitrogens with zero attached hydrogens (tertiary/aromatic N) is 2. The van der Waals surface area contributed by atoms with Crippen molar-refractivity contribution in [3.05, 3.63) is 30.1 Å². The molecule has 0 radical (unpaired) electrons. The van der Waals surface area contributed by atoms with Crippen molar-refractivity contribution in [2.45, 2.75) is 25.4 Å². The molecule has 1 saturated heterocycles. The van der Waals surface area contributed by atoms with Crippen molar-refractivity contribution in [3.63, 3.8) is 0 Å². The smallest absolute Gasteiger partial charge is 0.123 e. The van der Waals surface area contributed by atoms with Crippen molar-refractivity contribution in [1.82, 2.24) is 10.2 Å². The largest absolute Gasteiger partial charge is 0.368 e. The molecule has 0 saturated carbocycles. The van der Waals surface area contributed by atoms with Crippen LogP contribution in [0.15, 0.2) is 24.3 Å². The molecule has 0 amide bonds. The van der Waals surface area contributed by atoms with Gasteiger partial charge in [0.15, 0.2) is 0 Å². The Morgan fingerprint density at radius 1 is 1.26 bits per heavy atom.